The van der Waals surface area contributed by atoms with E-state index in [1.807, 2.05) is 6.07 Å². The smallest absolute Gasteiger partial charge is 0.0762 e. The van der Waals surface area contributed by atoms with Gasteiger partial charge >= 0.3 is 0 Å². The van der Waals surface area contributed by atoms with E-state index in [0.717, 1.165) is 18.5 Å². The van der Waals surface area contributed by atoms with Crippen LogP contribution in [0.5, 0.6) is 0 Å². The minimum atomic E-state index is -0.351. The Labute approximate surface area is 78.8 Å². The van der Waals surface area contributed by atoms with Gasteiger partial charge in [-0.25, -0.2) is 0 Å². The zero-order chi connectivity index (χ0) is 9.42. The van der Waals surface area contributed by atoms with E-state index >= 15 is 0 Å². The molecule has 1 aliphatic heterocycles. The van der Waals surface area contributed by atoms with Crippen molar-refractivity contribution < 1.29 is 5.11 Å². The number of benzene rings is 1. The van der Waals surface area contributed by atoms with Crippen LogP contribution in [0.25, 0.3) is 0 Å². The first-order valence-electron chi connectivity index (χ1n) is 4.70. The number of aliphatic hydroxyl groups excluding tert-OH is 1. The molecule has 2 heteroatoms. The van der Waals surface area contributed by atoms with Crippen LogP contribution in [0.15, 0.2) is 18.2 Å². The molecule has 2 nitrogen and oxygen atoms in total. The number of hydrogen-bond acceptors (Lipinski definition) is 2. The second-order valence-electron chi connectivity index (χ2n) is 3.74. The van der Waals surface area contributed by atoms with E-state index in [4.69, 9.17) is 0 Å². The molecule has 0 aliphatic carbocycles. The van der Waals surface area contributed by atoms with Crippen LogP contribution < -0.4 is 4.90 Å². The summed E-state index contributed by atoms with van der Waals surface area (Å²) in [5.41, 5.74) is 3.69. The molecule has 0 saturated heterocycles. The standard InChI is InChI=1S/C11H15NO/c1-8(13)9-3-4-11-10(7-9)5-6-12(11)2/h3-4,7-8,13H,5-6H2,1-2H3/t8-/m1/s1. The molecule has 2 rings (SSSR count). The Morgan fingerprint density at radius 2 is 2.23 bits per heavy atom. The van der Waals surface area contributed by atoms with E-state index in [0.29, 0.717) is 0 Å². The third-order valence-corrected chi connectivity index (χ3v) is 2.71. The topological polar surface area (TPSA) is 23.5 Å². The van der Waals surface area contributed by atoms with Gasteiger partial charge in [0.25, 0.3) is 0 Å². The molecule has 0 fully saturated rings. The molecule has 1 aromatic carbocycles. The largest absolute Gasteiger partial charge is 0.389 e. The zero-order valence-electron chi connectivity index (χ0n) is 8.12. The molecule has 0 bridgehead atoms. The van der Waals surface area contributed by atoms with Gasteiger partial charge in [-0.15, -0.1) is 0 Å². The van der Waals surface area contributed by atoms with Crippen LogP contribution in [0, 0.1) is 0 Å². The molecule has 1 atom stereocenters. The lowest BCUT2D eigenvalue weighted by atomic mass is 10.1. The van der Waals surface area contributed by atoms with Gasteiger partial charge in [-0.3, -0.25) is 0 Å². The first-order valence-corrected chi connectivity index (χ1v) is 4.70. The summed E-state index contributed by atoms with van der Waals surface area (Å²) in [7, 11) is 2.11. The highest BCUT2D eigenvalue weighted by atomic mass is 16.3. The molecule has 0 amide bonds. The monoisotopic (exact) mass is 177 g/mol. The highest BCUT2D eigenvalue weighted by molar-refractivity contribution is 5.58. The first-order chi connectivity index (χ1) is 6.18. The Hall–Kier alpha value is -1.02. The predicted octanol–water partition coefficient (Wildman–Crippen LogP) is 1.73. The Balaban J connectivity index is 2.40. The summed E-state index contributed by atoms with van der Waals surface area (Å²) in [4.78, 5) is 2.25. The van der Waals surface area contributed by atoms with E-state index in [-0.39, 0.29) is 6.10 Å². The van der Waals surface area contributed by atoms with Crippen LogP contribution in [-0.2, 0) is 6.42 Å². The Kier molecular flexibility index (Phi) is 2.00. The molecule has 1 N–H and O–H groups in total. The van der Waals surface area contributed by atoms with Crippen molar-refractivity contribution in [2.45, 2.75) is 19.4 Å². The van der Waals surface area contributed by atoms with Crippen LogP contribution in [0.2, 0.25) is 0 Å². The van der Waals surface area contributed by atoms with Crippen molar-refractivity contribution in [1.82, 2.24) is 0 Å². The molecule has 1 aliphatic rings. The lowest BCUT2D eigenvalue weighted by molar-refractivity contribution is 0.199. The maximum atomic E-state index is 9.41. The zero-order valence-corrected chi connectivity index (χ0v) is 8.12. The summed E-state index contributed by atoms with van der Waals surface area (Å²) in [5.74, 6) is 0. The van der Waals surface area contributed by atoms with Crippen LogP contribution in [-0.4, -0.2) is 18.7 Å². The lowest BCUT2D eigenvalue weighted by Gasteiger charge is -2.12. The van der Waals surface area contributed by atoms with Gasteiger partial charge < -0.3 is 10.0 Å². The molecule has 0 radical (unpaired) electrons. The number of anilines is 1. The number of aliphatic hydroxyl groups is 1. The minimum absolute atomic E-state index is 0.351. The summed E-state index contributed by atoms with van der Waals surface area (Å²) in [5, 5.41) is 9.41. The summed E-state index contributed by atoms with van der Waals surface area (Å²) >= 11 is 0. The second kappa shape index (κ2) is 3.04. The van der Waals surface area contributed by atoms with Crippen LogP contribution in [0.3, 0.4) is 0 Å². The summed E-state index contributed by atoms with van der Waals surface area (Å²) in [6.45, 7) is 2.90. The Morgan fingerprint density at radius 3 is 2.92 bits per heavy atom. The van der Waals surface area contributed by atoms with Crippen molar-refractivity contribution in [3.05, 3.63) is 29.3 Å². The van der Waals surface area contributed by atoms with Gasteiger partial charge in [-0.05, 0) is 30.5 Å². The van der Waals surface area contributed by atoms with Crippen LogP contribution in [0.1, 0.15) is 24.2 Å². The number of nitrogens with zero attached hydrogens (tertiary/aromatic N) is 1. The van der Waals surface area contributed by atoms with E-state index in [9.17, 15) is 5.11 Å². The van der Waals surface area contributed by atoms with Crippen LogP contribution in [0.4, 0.5) is 5.69 Å². The third-order valence-electron chi connectivity index (χ3n) is 2.71. The van der Waals surface area contributed by atoms with Gasteiger partial charge in [-0.1, -0.05) is 12.1 Å². The van der Waals surface area contributed by atoms with Crippen molar-refractivity contribution in [2.75, 3.05) is 18.5 Å². The van der Waals surface area contributed by atoms with Gasteiger partial charge in [0.15, 0.2) is 0 Å². The van der Waals surface area contributed by atoms with Gasteiger partial charge in [0, 0.05) is 19.3 Å². The fourth-order valence-corrected chi connectivity index (χ4v) is 1.85. The van der Waals surface area contributed by atoms with Gasteiger partial charge in [0.2, 0.25) is 0 Å². The SMILES string of the molecule is C[C@@H](O)c1ccc2c(c1)CCN2C. The van der Waals surface area contributed by atoms with Crippen molar-refractivity contribution >= 4 is 5.69 Å². The maximum absolute atomic E-state index is 9.41. The molecule has 0 spiro atoms. The molecule has 1 aromatic rings. The van der Waals surface area contributed by atoms with Crippen molar-refractivity contribution in [2.24, 2.45) is 0 Å². The molecule has 13 heavy (non-hydrogen) atoms. The van der Waals surface area contributed by atoms with Crippen LogP contribution >= 0.6 is 0 Å². The van der Waals surface area contributed by atoms with Gasteiger partial charge in [0.1, 0.15) is 0 Å². The number of rotatable bonds is 1. The highest BCUT2D eigenvalue weighted by Gasteiger charge is 2.16. The van der Waals surface area contributed by atoms with E-state index in [1.54, 1.807) is 6.92 Å². The highest BCUT2D eigenvalue weighted by Crippen LogP contribution is 2.28. The maximum Gasteiger partial charge on any atom is 0.0762 e. The molecular weight excluding hydrogens is 162 g/mol. The Bertz CT molecular complexity index is 320. The number of hydrogen-bond donors (Lipinski definition) is 1. The fraction of sp³-hybridized carbons (Fsp3) is 0.455. The molecule has 0 aromatic heterocycles. The predicted molar refractivity (Wildman–Crippen MR) is 54.0 cm³/mol. The summed E-state index contributed by atoms with van der Waals surface area (Å²) < 4.78 is 0. The van der Waals surface area contributed by atoms with Gasteiger partial charge in [-0.2, -0.15) is 0 Å². The summed E-state index contributed by atoms with van der Waals surface area (Å²) in [6, 6.07) is 6.22. The molecule has 1 heterocycles. The van der Waals surface area contributed by atoms with Gasteiger partial charge in [0.05, 0.1) is 6.10 Å². The molecular formula is C11H15NO. The average molecular weight is 177 g/mol. The number of fused-ring (bicyclic) bond motifs is 1. The molecule has 70 valence electrons. The Morgan fingerprint density at radius 1 is 1.46 bits per heavy atom. The van der Waals surface area contributed by atoms with E-state index < -0.39 is 0 Å². The quantitative estimate of drug-likeness (QED) is 0.706. The normalized spacial score (nSPS) is 17.3. The second-order valence-corrected chi connectivity index (χ2v) is 3.74. The fourth-order valence-electron chi connectivity index (χ4n) is 1.85. The first kappa shape index (κ1) is 8.57. The average Bonchev–Trinajstić information content (AvgIpc) is 2.47. The van der Waals surface area contributed by atoms with Crippen molar-refractivity contribution in [3.63, 3.8) is 0 Å². The number of likely N-dealkylation sites (N-methyl/N-ethyl adjacent to an activating group) is 1. The van der Waals surface area contributed by atoms with E-state index in [1.165, 1.54) is 11.3 Å². The lowest BCUT2D eigenvalue weighted by Crippen LogP contribution is -2.12. The molecule has 0 saturated carbocycles. The van der Waals surface area contributed by atoms with E-state index in [2.05, 4.69) is 24.1 Å². The summed E-state index contributed by atoms with van der Waals surface area (Å²) in [6.07, 6.45) is 0.753. The van der Waals surface area contributed by atoms with Crippen molar-refractivity contribution in [3.8, 4) is 0 Å². The third kappa shape index (κ3) is 1.42. The minimum Gasteiger partial charge on any atom is -0.389 e. The molecule has 0 unspecified atom stereocenters. The van der Waals surface area contributed by atoms with Crippen molar-refractivity contribution in [1.29, 1.82) is 0 Å².